The van der Waals surface area contributed by atoms with E-state index < -0.39 is 6.09 Å². The second-order valence-corrected chi connectivity index (χ2v) is 11.2. The van der Waals surface area contributed by atoms with Crippen LogP contribution in [0.1, 0.15) is 56.2 Å². The van der Waals surface area contributed by atoms with E-state index in [0.717, 1.165) is 54.8 Å². The summed E-state index contributed by atoms with van der Waals surface area (Å²) < 4.78 is 6.19. The highest BCUT2D eigenvalue weighted by atomic mass is 16.5. The lowest BCUT2D eigenvalue weighted by Crippen LogP contribution is -2.53. The van der Waals surface area contributed by atoms with Crippen molar-refractivity contribution < 1.29 is 24.2 Å². The zero-order chi connectivity index (χ0) is 28.1. The van der Waals surface area contributed by atoms with Gasteiger partial charge in [0.15, 0.2) is 0 Å². The van der Waals surface area contributed by atoms with Crippen molar-refractivity contribution in [3.8, 4) is 5.75 Å². The molecule has 210 valence electrons. The van der Waals surface area contributed by atoms with Crippen molar-refractivity contribution in [1.82, 2.24) is 9.80 Å². The van der Waals surface area contributed by atoms with Crippen molar-refractivity contribution in [3.63, 3.8) is 0 Å². The number of amides is 2. The van der Waals surface area contributed by atoms with Crippen molar-refractivity contribution in [1.29, 1.82) is 0 Å². The van der Waals surface area contributed by atoms with Gasteiger partial charge in [0.1, 0.15) is 11.5 Å². The number of rotatable bonds is 8. The highest BCUT2D eigenvalue weighted by Crippen LogP contribution is 2.31. The molecule has 0 unspecified atom stereocenters. The summed E-state index contributed by atoms with van der Waals surface area (Å²) in [5.74, 6) is 1.04. The Bertz CT molecular complexity index is 1190. The van der Waals surface area contributed by atoms with Crippen molar-refractivity contribution in [2.75, 3.05) is 31.6 Å². The molecule has 39 heavy (non-hydrogen) atoms. The Labute approximate surface area is 231 Å². The van der Waals surface area contributed by atoms with Crippen molar-refractivity contribution in [2.24, 2.45) is 5.92 Å². The van der Waals surface area contributed by atoms with Crippen LogP contribution in [0.2, 0.25) is 0 Å². The first-order valence-electron chi connectivity index (χ1n) is 13.9. The number of ketones is 1. The molecule has 1 aliphatic carbocycles. The van der Waals surface area contributed by atoms with Crippen LogP contribution in [0.15, 0.2) is 42.5 Å². The molecule has 2 aromatic carbocycles. The molecule has 2 fully saturated rings. The van der Waals surface area contributed by atoms with E-state index in [1.807, 2.05) is 44.3 Å². The smallest absolute Gasteiger partial charge is 0.407 e. The summed E-state index contributed by atoms with van der Waals surface area (Å²) in [7, 11) is 1.85. The van der Waals surface area contributed by atoms with E-state index in [-0.39, 0.29) is 29.8 Å². The molecule has 1 aliphatic heterocycles. The number of hydrogen-bond acceptors (Lipinski definition) is 5. The van der Waals surface area contributed by atoms with Crippen LogP contribution in [0, 0.1) is 12.8 Å². The maximum atomic E-state index is 13.3. The van der Waals surface area contributed by atoms with E-state index in [9.17, 15) is 19.5 Å². The number of piperazine rings is 1. The van der Waals surface area contributed by atoms with Crippen LogP contribution in [0.4, 0.5) is 10.5 Å². The molecule has 1 saturated heterocycles. The van der Waals surface area contributed by atoms with Gasteiger partial charge in [-0.1, -0.05) is 18.2 Å². The summed E-state index contributed by atoms with van der Waals surface area (Å²) in [5.41, 5.74) is 4.18. The van der Waals surface area contributed by atoms with Crippen LogP contribution < -0.4 is 9.64 Å². The summed E-state index contributed by atoms with van der Waals surface area (Å²) in [5, 5.41) is 9.32. The lowest BCUT2D eigenvalue weighted by molar-refractivity contribution is -0.123. The maximum absolute atomic E-state index is 13.3. The molecular formula is C31H41N3O5. The number of carboxylic acid groups (broad SMARTS) is 1. The summed E-state index contributed by atoms with van der Waals surface area (Å²) >= 11 is 0. The molecular weight excluding hydrogens is 494 g/mol. The van der Waals surface area contributed by atoms with Gasteiger partial charge in [0.05, 0.1) is 6.10 Å². The number of anilines is 1. The van der Waals surface area contributed by atoms with Crippen LogP contribution in [-0.2, 0) is 22.6 Å². The van der Waals surface area contributed by atoms with Crippen LogP contribution in [0.25, 0.3) is 0 Å². The first-order valence-corrected chi connectivity index (χ1v) is 13.9. The lowest BCUT2D eigenvalue weighted by atomic mass is 9.86. The molecule has 2 aromatic rings. The van der Waals surface area contributed by atoms with Crippen molar-refractivity contribution in [2.45, 2.75) is 71.6 Å². The van der Waals surface area contributed by atoms with Crippen LogP contribution in [0.3, 0.4) is 0 Å². The van der Waals surface area contributed by atoms with Gasteiger partial charge in [-0.25, -0.2) is 4.79 Å². The Kier molecular flexibility index (Phi) is 9.28. The molecule has 0 bridgehead atoms. The zero-order valence-electron chi connectivity index (χ0n) is 23.6. The predicted molar refractivity (Wildman–Crippen MR) is 151 cm³/mol. The number of nitrogens with zero attached hydrogens (tertiary/aromatic N) is 3. The standard InChI is InChI=1S/C31H41N3O5/c1-21-16-27(11-8-26(21)20-33-14-15-34(31(37)38)22(2)19-33)32(4)30(36)25-9-12-28(13-10-25)39-29-7-5-6-24(18-29)17-23(3)35/h5-8,11,16,18,22,25,28H,9-10,12-15,17,19-20H2,1-4H3,(H,37,38)/t22-,25-,28-/m0/s1. The maximum Gasteiger partial charge on any atom is 0.407 e. The monoisotopic (exact) mass is 535 g/mol. The Morgan fingerprint density at radius 1 is 1.05 bits per heavy atom. The van der Waals surface area contributed by atoms with Crippen LogP contribution in [0.5, 0.6) is 5.75 Å². The number of Topliss-reactive ketones (excluding diaryl/α,β-unsaturated/α-hetero) is 1. The molecule has 2 aliphatic rings. The average molecular weight is 536 g/mol. The zero-order valence-corrected chi connectivity index (χ0v) is 23.6. The molecule has 1 saturated carbocycles. The van der Waals surface area contributed by atoms with Gasteiger partial charge in [0.25, 0.3) is 0 Å². The fourth-order valence-electron chi connectivity index (χ4n) is 5.81. The summed E-state index contributed by atoms with van der Waals surface area (Å²) in [6, 6.07) is 13.9. The predicted octanol–water partition coefficient (Wildman–Crippen LogP) is 4.91. The van der Waals surface area contributed by atoms with E-state index in [1.54, 1.807) is 11.8 Å². The molecule has 8 nitrogen and oxygen atoms in total. The number of ether oxygens (including phenoxy) is 1. The molecule has 0 radical (unpaired) electrons. The van der Waals surface area contributed by atoms with Crippen molar-refractivity contribution >= 4 is 23.5 Å². The number of carbonyl (C=O) groups excluding carboxylic acids is 2. The van der Waals surface area contributed by atoms with Crippen molar-refractivity contribution in [3.05, 3.63) is 59.2 Å². The largest absolute Gasteiger partial charge is 0.490 e. The Morgan fingerprint density at radius 3 is 2.44 bits per heavy atom. The van der Waals surface area contributed by atoms with E-state index in [4.69, 9.17) is 4.74 Å². The molecule has 1 heterocycles. The molecule has 4 rings (SSSR count). The van der Waals surface area contributed by atoms with Gasteiger partial charge >= 0.3 is 6.09 Å². The van der Waals surface area contributed by atoms with Gasteiger partial charge in [0.2, 0.25) is 5.91 Å². The minimum Gasteiger partial charge on any atom is -0.490 e. The quantitative estimate of drug-likeness (QED) is 0.517. The minimum absolute atomic E-state index is 0.0223. The van der Waals surface area contributed by atoms with E-state index in [2.05, 4.69) is 24.0 Å². The fourth-order valence-corrected chi connectivity index (χ4v) is 5.81. The molecule has 1 N–H and O–H groups in total. The SMILES string of the molecule is CC(=O)Cc1cccc(O[C@H]2CC[C@H](C(=O)N(C)c3ccc(CN4CCN(C(=O)O)[C@@H](C)C4)c(C)c3)CC2)c1. The Hall–Kier alpha value is -3.39. The number of benzene rings is 2. The fraction of sp³-hybridized carbons (Fsp3) is 0.516. The topological polar surface area (TPSA) is 90.4 Å². The second-order valence-electron chi connectivity index (χ2n) is 11.2. The lowest BCUT2D eigenvalue weighted by Gasteiger charge is -2.38. The van der Waals surface area contributed by atoms with Crippen LogP contribution in [-0.4, -0.2) is 71.5 Å². The molecule has 0 aromatic heterocycles. The summed E-state index contributed by atoms with van der Waals surface area (Å²) in [4.78, 5) is 41.7. The number of carbonyl (C=O) groups is 3. The summed E-state index contributed by atoms with van der Waals surface area (Å²) in [6.45, 7) is 8.32. The molecule has 2 amide bonds. The highest BCUT2D eigenvalue weighted by Gasteiger charge is 2.30. The van der Waals surface area contributed by atoms with Gasteiger partial charge < -0.3 is 19.6 Å². The normalized spacial score (nSPS) is 21.8. The third-order valence-corrected chi connectivity index (χ3v) is 8.07. The van der Waals surface area contributed by atoms with Gasteiger partial charge in [-0.3, -0.25) is 14.5 Å². The third kappa shape index (κ3) is 7.38. The first kappa shape index (κ1) is 28.6. The highest BCUT2D eigenvalue weighted by molar-refractivity contribution is 5.94. The Morgan fingerprint density at radius 2 is 1.79 bits per heavy atom. The second kappa shape index (κ2) is 12.6. The Balaban J connectivity index is 1.29. The molecule has 0 spiro atoms. The molecule has 1 atom stereocenters. The van der Waals surface area contributed by atoms with Gasteiger partial charge in [0, 0.05) is 57.3 Å². The number of hydrogen-bond donors (Lipinski definition) is 1. The van der Waals surface area contributed by atoms with E-state index in [0.29, 0.717) is 26.1 Å². The van der Waals surface area contributed by atoms with Crippen LogP contribution >= 0.6 is 0 Å². The number of aryl methyl sites for hydroxylation is 1. The van der Waals surface area contributed by atoms with E-state index >= 15 is 0 Å². The first-order chi connectivity index (χ1) is 18.6. The summed E-state index contributed by atoms with van der Waals surface area (Å²) in [6.07, 6.45) is 2.87. The van der Waals surface area contributed by atoms with Gasteiger partial charge in [-0.15, -0.1) is 0 Å². The minimum atomic E-state index is -0.854. The average Bonchev–Trinajstić information content (AvgIpc) is 2.89. The van der Waals surface area contributed by atoms with Gasteiger partial charge in [-0.2, -0.15) is 0 Å². The molecule has 8 heteroatoms. The van der Waals surface area contributed by atoms with E-state index in [1.165, 1.54) is 10.5 Å². The van der Waals surface area contributed by atoms with Gasteiger partial charge in [-0.05, 0) is 87.4 Å². The third-order valence-electron chi connectivity index (χ3n) is 8.07.